The van der Waals surface area contributed by atoms with Gasteiger partial charge in [0.05, 0.1) is 13.2 Å². The second-order valence-corrected chi connectivity index (χ2v) is 5.32. The summed E-state index contributed by atoms with van der Waals surface area (Å²) in [5, 5.41) is 0. The van der Waals surface area contributed by atoms with E-state index in [9.17, 15) is 9.59 Å². The highest BCUT2D eigenvalue weighted by molar-refractivity contribution is 5.84. The SMILES string of the molecule is CCOC(=O)c1nc2c(o1)CCN(C(=O)OCc1ccccc1)C2. The van der Waals surface area contributed by atoms with Crippen molar-refractivity contribution in [2.24, 2.45) is 0 Å². The van der Waals surface area contributed by atoms with Gasteiger partial charge in [0.2, 0.25) is 0 Å². The van der Waals surface area contributed by atoms with Gasteiger partial charge in [-0.05, 0) is 12.5 Å². The number of carbonyl (C=O) groups is 2. The third-order valence-electron chi connectivity index (χ3n) is 3.64. The minimum Gasteiger partial charge on any atom is -0.459 e. The summed E-state index contributed by atoms with van der Waals surface area (Å²) in [7, 11) is 0. The van der Waals surface area contributed by atoms with E-state index in [1.165, 1.54) is 0 Å². The molecule has 0 unspecified atom stereocenters. The molecule has 0 saturated heterocycles. The highest BCUT2D eigenvalue weighted by Gasteiger charge is 2.28. The lowest BCUT2D eigenvalue weighted by Crippen LogP contribution is -2.36. The standard InChI is InChI=1S/C17H18N2O5/c1-2-22-16(20)15-18-13-10-19(9-8-14(13)24-15)17(21)23-11-12-6-4-3-5-7-12/h3-7H,2,8-11H2,1H3. The number of nitrogens with zero attached hydrogens (tertiary/aromatic N) is 2. The number of aromatic nitrogens is 1. The van der Waals surface area contributed by atoms with Gasteiger partial charge in [-0.1, -0.05) is 30.3 Å². The molecule has 2 heterocycles. The molecule has 1 amide bonds. The van der Waals surface area contributed by atoms with Crippen LogP contribution in [0.5, 0.6) is 0 Å². The summed E-state index contributed by atoms with van der Waals surface area (Å²) in [5.41, 5.74) is 1.50. The number of oxazole rings is 1. The molecule has 0 spiro atoms. The Morgan fingerprint density at radius 1 is 1.25 bits per heavy atom. The highest BCUT2D eigenvalue weighted by atomic mass is 16.6. The molecule has 7 nitrogen and oxygen atoms in total. The predicted octanol–water partition coefficient (Wildman–Crippen LogP) is 2.55. The smallest absolute Gasteiger partial charge is 0.410 e. The van der Waals surface area contributed by atoms with Gasteiger partial charge in [0, 0.05) is 13.0 Å². The van der Waals surface area contributed by atoms with Crippen molar-refractivity contribution in [1.82, 2.24) is 9.88 Å². The van der Waals surface area contributed by atoms with Crippen molar-refractivity contribution in [3.05, 3.63) is 53.2 Å². The summed E-state index contributed by atoms with van der Waals surface area (Å²) in [6.45, 7) is 2.90. The van der Waals surface area contributed by atoms with Crippen LogP contribution in [0, 0.1) is 0 Å². The second kappa shape index (κ2) is 7.16. The van der Waals surface area contributed by atoms with E-state index in [0.29, 0.717) is 24.4 Å². The summed E-state index contributed by atoms with van der Waals surface area (Å²) in [6, 6.07) is 9.48. The highest BCUT2D eigenvalue weighted by Crippen LogP contribution is 2.21. The van der Waals surface area contributed by atoms with Crippen molar-refractivity contribution < 1.29 is 23.5 Å². The Bertz CT molecular complexity index is 726. The van der Waals surface area contributed by atoms with Crippen LogP contribution in [-0.2, 0) is 29.0 Å². The van der Waals surface area contributed by atoms with Crippen molar-refractivity contribution in [2.45, 2.75) is 26.5 Å². The average Bonchev–Trinajstić information content (AvgIpc) is 3.04. The Kier molecular flexibility index (Phi) is 4.79. The molecule has 0 radical (unpaired) electrons. The quantitative estimate of drug-likeness (QED) is 0.801. The van der Waals surface area contributed by atoms with E-state index in [1.54, 1.807) is 11.8 Å². The molecule has 126 valence electrons. The van der Waals surface area contributed by atoms with Crippen LogP contribution in [0.2, 0.25) is 0 Å². The minimum absolute atomic E-state index is 0.0682. The van der Waals surface area contributed by atoms with Crippen LogP contribution in [0.25, 0.3) is 0 Å². The maximum Gasteiger partial charge on any atom is 0.410 e. The fourth-order valence-corrected chi connectivity index (χ4v) is 2.45. The number of fused-ring (bicyclic) bond motifs is 1. The molecule has 0 fully saturated rings. The Morgan fingerprint density at radius 2 is 2.04 bits per heavy atom. The molecule has 0 aliphatic carbocycles. The zero-order chi connectivity index (χ0) is 16.9. The van der Waals surface area contributed by atoms with E-state index in [0.717, 1.165) is 5.56 Å². The molecule has 0 N–H and O–H groups in total. The first-order chi connectivity index (χ1) is 11.7. The van der Waals surface area contributed by atoms with Crippen molar-refractivity contribution in [3.8, 4) is 0 Å². The van der Waals surface area contributed by atoms with Gasteiger partial charge >= 0.3 is 18.0 Å². The number of rotatable bonds is 4. The van der Waals surface area contributed by atoms with Crippen molar-refractivity contribution in [2.75, 3.05) is 13.2 Å². The van der Waals surface area contributed by atoms with Gasteiger partial charge in [0.25, 0.3) is 0 Å². The fraction of sp³-hybridized carbons (Fsp3) is 0.353. The summed E-state index contributed by atoms with van der Waals surface area (Å²) < 4.78 is 15.6. The lowest BCUT2D eigenvalue weighted by molar-refractivity contribution is 0.0478. The lowest BCUT2D eigenvalue weighted by Gasteiger charge is -2.24. The van der Waals surface area contributed by atoms with Gasteiger partial charge in [-0.25, -0.2) is 14.6 Å². The summed E-state index contributed by atoms with van der Waals surface area (Å²) >= 11 is 0. The van der Waals surface area contributed by atoms with E-state index < -0.39 is 12.1 Å². The molecule has 2 aromatic rings. The summed E-state index contributed by atoms with van der Waals surface area (Å²) in [6.07, 6.45) is 0.0764. The summed E-state index contributed by atoms with van der Waals surface area (Å²) in [5.74, 6) is -0.0448. The van der Waals surface area contributed by atoms with Crippen LogP contribution in [0.3, 0.4) is 0 Å². The number of esters is 1. The Labute approximate surface area is 139 Å². The van der Waals surface area contributed by atoms with Crippen LogP contribution in [-0.4, -0.2) is 35.1 Å². The van der Waals surface area contributed by atoms with Crippen LogP contribution >= 0.6 is 0 Å². The Morgan fingerprint density at radius 3 is 2.79 bits per heavy atom. The molecular weight excluding hydrogens is 312 g/mol. The van der Waals surface area contributed by atoms with E-state index in [1.807, 2.05) is 30.3 Å². The van der Waals surface area contributed by atoms with E-state index >= 15 is 0 Å². The molecule has 1 aromatic carbocycles. The maximum absolute atomic E-state index is 12.2. The van der Waals surface area contributed by atoms with Crippen molar-refractivity contribution in [1.29, 1.82) is 0 Å². The molecule has 0 atom stereocenters. The zero-order valence-electron chi connectivity index (χ0n) is 13.4. The molecule has 0 bridgehead atoms. The fourth-order valence-electron chi connectivity index (χ4n) is 2.45. The molecule has 3 rings (SSSR count). The lowest BCUT2D eigenvalue weighted by atomic mass is 10.2. The Hall–Kier alpha value is -2.83. The van der Waals surface area contributed by atoms with Gasteiger partial charge < -0.3 is 18.8 Å². The maximum atomic E-state index is 12.2. The topological polar surface area (TPSA) is 81.9 Å². The first-order valence-corrected chi connectivity index (χ1v) is 7.78. The monoisotopic (exact) mass is 330 g/mol. The zero-order valence-corrected chi connectivity index (χ0v) is 13.4. The van der Waals surface area contributed by atoms with Gasteiger partial charge in [-0.3, -0.25) is 0 Å². The molecular formula is C17H18N2O5. The first-order valence-electron chi connectivity index (χ1n) is 7.78. The van der Waals surface area contributed by atoms with E-state index in [2.05, 4.69) is 4.98 Å². The van der Waals surface area contributed by atoms with Gasteiger partial charge in [0.1, 0.15) is 18.1 Å². The van der Waals surface area contributed by atoms with E-state index in [4.69, 9.17) is 13.9 Å². The molecule has 1 aliphatic heterocycles. The first kappa shape index (κ1) is 16.0. The van der Waals surface area contributed by atoms with Crippen LogP contribution in [0.15, 0.2) is 34.7 Å². The molecule has 1 aliphatic rings. The summed E-state index contributed by atoms with van der Waals surface area (Å²) in [4.78, 5) is 29.5. The molecule has 24 heavy (non-hydrogen) atoms. The van der Waals surface area contributed by atoms with Crippen LogP contribution < -0.4 is 0 Å². The number of benzene rings is 1. The van der Waals surface area contributed by atoms with Crippen molar-refractivity contribution >= 4 is 12.1 Å². The number of hydrogen-bond acceptors (Lipinski definition) is 6. The van der Waals surface area contributed by atoms with Crippen LogP contribution in [0.4, 0.5) is 4.79 Å². The van der Waals surface area contributed by atoms with E-state index in [-0.39, 0.29) is 25.6 Å². The largest absolute Gasteiger partial charge is 0.459 e. The third-order valence-corrected chi connectivity index (χ3v) is 3.64. The number of ether oxygens (including phenoxy) is 2. The molecule has 0 saturated carbocycles. The predicted molar refractivity (Wildman–Crippen MR) is 83.2 cm³/mol. The van der Waals surface area contributed by atoms with Gasteiger partial charge in [-0.15, -0.1) is 0 Å². The average molecular weight is 330 g/mol. The molecule has 7 heteroatoms. The minimum atomic E-state index is -0.592. The number of carbonyl (C=O) groups excluding carboxylic acids is 2. The number of hydrogen-bond donors (Lipinski definition) is 0. The number of amides is 1. The molecule has 1 aromatic heterocycles. The Balaban J connectivity index is 1.60. The van der Waals surface area contributed by atoms with Crippen LogP contribution in [0.1, 0.15) is 34.6 Å². The second-order valence-electron chi connectivity index (χ2n) is 5.32. The van der Waals surface area contributed by atoms with Gasteiger partial charge in [0.15, 0.2) is 0 Å². The normalized spacial score (nSPS) is 13.3. The third kappa shape index (κ3) is 3.56. The van der Waals surface area contributed by atoms with Gasteiger partial charge in [-0.2, -0.15) is 0 Å². The van der Waals surface area contributed by atoms with Crippen molar-refractivity contribution in [3.63, 3.8) is 0 Å².